The average Bonchev–Trinajstić information content (AvgIpc) is 2.55. The van der Waals surface area contributed by atoms with E-state index in [9.17, 15) is 9.59 Å². The van der Waals surface area contributed by atoms with E-state index in [0.717, 1.165) is 36.9 Å². The third kappa shape index (κ3) is 3.14. The van der Waals surface area contributed by atoms with E-state index in [1.54, 1.807) is 12.1 Å². The first-order valence-electron chi connectivity index (χ1n) is 7.93. The van der Waals surface area contributed by atoms with Crippen LogP contribution in [0.2, 0.25) is 0 Å². The first-order valence-corrected chi connectivity index (χ1v) is 7.93. The predicted molar refractivity (Wildman–Crippen MR) is 84.2 cm³/mol. The lowest BCUT2D eigenvalue weighted by Crippen LogP contribution is -2.47. The van der Waals surface area contributed by atoms with Gasteiger partial charge in [-0.2, -0.15) is 5.26 Å². The Labute approximate surface area is 134 Å². The molecule has 3 rings (SSSR count). The molecule has 0 saturated heterocycles. The molecule has 0 atom stereocenters. The normalized spacial score (nSPS) is 23.8. The maximum absolute atomic E-state index is 12.4. The minimum Gasteiger partial charge on any atom is -0.465 e. The van der Waals surface area contributed by atoms with Crippen molar-refractivity contribution in [3.05, 3.63) is 29.3 Å². The smallest absolute Gasteiger partial charge is 0.404 e. The van der Waals surface area contributed by atoms with E-state index in [1.807, 2.05) is 11.0 Å². The molecule has 1 aliphatic carbocycles. The van der Waals surface area contributed by atoms with Crippen molar-refractivity contribution in [2.75, 3.05) is 4.90 Å². The van der Waals surface area contributed by atoms with Crippen LogP contribution in [0.3, 0.4) is 0 Å². The Morgan fingerprint density at radius 2 is 2.00 bits per heavy atom. The first kappa shape index (κ1) is 15.3. The summed E-state index contributed by atoms with van der Waals surface area (Å²) in [5.74, 6) is 0.0993. The second-order valence-electron chi connectivity index (χ2n) is 6.17. The van der Waals surface area contributed by atoms with Crippen molar-refractivity contribution in [1.29, 1.82) is 5.26 Å². The molecule has 1 fully saturated rings. The van der Waals surface area contributed by atoms with E-state index in [-0.39, 0.29) is 18.0 Å². The summed E-state index contributed by atoms with van der Waals surface area (Å²) >= 11 is 0. The number of anilines is 1. The first-order chi connectivity index (χ1) is 11.1. The molecule has 2 amide bonds. The highest BCUT2D eigenvalue weighted by Crippen LogP contribution is 2.34. The van der Waals surface area contributed by atoms with E-state index < -0.39 is 6.09 Å². The van der Waals surface area contributed by atoms with Crippen molar-refractivity contribution in [3.63, 3.8) is 0 Å². The van der Waals surface area contributed by atoms with Crippen molar-refractivity contribution in [2.45, 2.75) is 50.6 Å². The molecule has 0 unspecified atom stereocenters. The van der Waals surface area contributed by atoms with Gasteiger partial charge in [0, 0.05) is 24.2 Å². The van der Waals surface area contributed by atoms with Crippen LogP contribution in [0.5, 0.6) is 0 Å². The Hall–Kier alpha value is -2.55. The van der Waals surface area contributed by atoms with E-state index in [2.05, 4.69) is 11.4 Å². The summed E-state index contributed by atoms with van der Waals surface area (Å²) in [4.78, 5) is 25.0. The summed E-state index contributed by atoms with van der Waals surface area (Å²) in [7, 11) is 0. The third-order valence-electron chi connectivity index (χ3n) is 4.74. The minimum atomic E-state index is -0.994. The van der Waals surface area contributed by atoms with Crippen LogP contribution in [0.15, 0.2) is 18.2 Å². The van der Waals surface area contributed by atoms with Crippen LogP contribution < -0.4 is 10.2 Å². The molecule has 2 aliphatic rings. The van der Waals surface area contributed by atoms with E-state index >= 15 is 0 Å². The second kappa shape index (κ2) is 6.29. The summed E-state index contributed by atoms with van der Waals surface area (Å²) in [5.41, 5.74) is 2.52. The fraction of sp³-hybridized carbons (Fsp3) is 0.471. The lowest BCUT2D eigenvalue weighted by molar-refractivity contribution is -0.119. The Balaban J connectivity index is 1.80. The number of rotatable bonds is 2. The topological polar surface area (TPSA) is 93.4 Å². The molecule has 1 saturated carbocycles. The zero-order valence-corrected chi connectivity index (χ0v) is 12.8. The molecule has 0 spiro atoms. The van der Waals surface area contributed by atoms with Crippen molar-refractivity contribution < 1.29 is 14.7 Å². The van der Waals surface area contributed by atoms with Gasteiger partial charge in [0.15, 0.2) is 0 Å². The highest BCUT2D eigenvalue weighted by molar-refractivity contribution is 5.97. The zero-order valence-electron chi connectivity index (χ0n) is 12.8. The largest absolute Gasteiger partial charge is 0.465 e. The van der Waals surface area contributed by atoms with Crippen LogP contribution in [0.25, 0.3) is 0 Å². The lowest BCUT2D eigenvalue weighted by Gasteiger charge is -2.39. The summed E-state index contributed by atoms with van der Waals surface area (Å²) in [6.07, 6.45) is 3.21. The van der Waals surface area contributed by atoms with Gasteiger partial charge in [-0.15, -0.1) is 0 Å². The number of carboxylic acid groups (broad SMARTS) is 1. The van der Waals surface area contributed by atoms with Gasteiger partial charge in [-0.25, -0.2) is 4.79 Å². The molecule has 120 valence electrons. The van der Waals surface area contributed by atoms with Gasteiger partial charge in [-0.1, -0.05) is 6.07 Å². The highest BCUT2D eigenvalue weighted by Gasteiger charge is 2.33. The van der Waals surface area contributed by atoms with Gasteiger partial charge in [0.05, 0.1) is 11.6 Å². The standard InChI is InChI=1S/C17H19N3O3/c18-10-11-1-2-12-3-8-16(21)20(15(12)9-11)14-6-4-13(5-7-14)19-17(22)23/h1-2,9,13-14,19H,3-8H2,(H,22,23)/t13-,14-. The molecular weight excluding hydrogens is 294 g/mol. The van der Waals surface area contributed by atoms with Crippen molar-refractivity contribution >= 4 is 17.7 Å². The molecule has 0 bridgehead atoms. The van der Waals surface area contributed by atoms with Gasteiger partial charge in [0.1, 0.15) is 0 Å². The van der Waals surface area contributed by atoms with Crippen molar-refractivity contribution in [2.24, 2.45) is 0 Å². The fourth-order valence-electron chi connectivity index (χ4n) is 3.62. The number of carbonyl (C=O) groups is 2. The number of aryl methyl sites for hydroxylation is 1. The number of amides is 2. The number of fused-ring (bicyclic) bond motifs is 1. The van der Waals surface area contributed by atoms with Crippen LogP contribution in [0.1, 0.15) is 43.2 Å². The van der Waals surface area contributed by atoms with E-state index in [4.69, 9.17) is 10.4 Å². The molecule has 1 heterocycles. The Kier molecular flexibility index (Phi) is 4.20. The SMILES string of the molecule is N#Cc1ccc2c(c1)N([C@H]1CC[C@H](NC(=O)O)CC1)C(=O)CC2. The average molecular weight is 313 g/mol. The molecule has 2 N–H and O–H groups in total. The van der Waals surface area contributed by atoms with Crippen molar-refractivity contribution in [1.82, 2.24) is 5.32 Å². The quantitative estimate of drug-likeness (QED) is 0.876. The number of nitrogens with zero attached hydrogens (tertiary/aromatic N) is 2. The molecule has 6 heteroatoms. The number of nitriles is 1. The predicted octanol–water partition coefficient (Wildman–Crippen LogP) is 2.42. The van der Waals surface area contributed by atoms with Gasteiger partial charge in [0.2, 0.25) is 5.91 Å². The molecule has 1 aromatic rings. The number of hydrogen-bond donors (Lipinski definition) is 2. The summed E-state index contributed by atoms with van der Waals surface area (Å²) < 4.78 is 0. The van der Waals surface area contributed by atoms with Crippen LogP contribution in [0.4, 0.5) is 10.5 Å². The van der Waals surface area contributed by atoms with Gasteiger partial charge < -0.3 is 15.3 Å². The highest BCUT2D eigenvalue weighted by atomic mass is 16.4. The second-order valence-corrected chi connectivity index (χ2v) is 6.17. The lowest BCUT2D eigenvalue weighted by atomic mass is 9.87. The van der Waals surface area contributed by atoms with Gasteiger partial charge >= 0.3 is 6.09 Å². The van der Waals surface area contributed by atoms with Crippen molar-refractivity contribution in [3.8, 4) is 6.07 Å². The third-order valence-corrected chi connectivity index (χ3v) is 4.74. The summed E-state index contributed by atoms with van der Waals surface area (Å²) in [6.45, 7) is 0. The molecule has 23 heavy (non-hydrogen) atoms. The Bertz CT molecular complexity index is 672. The van der Waals surface area contributed by atoms with Gasteiger partial charge in [0.25, 0.3) is 0 Å². The molecule has 0 aromatic heterocycles. The molecule has 6 nitrogen and oxygen atoms in total. The summed E-state index contributed by atoms with van der Waals surface area (Å²) in [5, 5.41) is 20.4. The number of benzene rings is 1. The maximum Gasteiger partial charge on any atom is 0.404 e. The molecule has 1 aliphatic heterocycles. The molecular formula is C17H19N3O3. The molecule has 1 aromatic carbocycles. The molecule has 0 radical (unpaired) electrons. The zero-order chi connectivity index (χ0) is 16.4. The van der Waals surface area contributed by atoms with Crippen LogP contribution in [-0.2, 0) is 11.2 Å². The van der Waals surface area contributed by atoms with Crippen LogP contribution in [-0.4, -0.2) is 29.2 Å². The number of hydrogen-bond acceptors (Lipinski definition) is 3. The Morgan fingerprint density at radius 1 is 1.26 bits per heavy atom. The van der Waals surface area contributed by atoms with E-state index in [0.29, 0.717) is 18.4 Å². The number of carbonyl (C=O) groups excluding carboxylic acids is 1. The van der Waals surface area contributed by atoms with Gasteiger partial charge in [-0.3, -0.25) is 4.79 Å². The van der Waals surface area contributed by atoms with Gasteiger partial charge in [-0.05, 0) is 49.8 Å². The fourth-order valence-corrected chi connectivity index (χ4v) is 3.62. The van der Waals surface area contributed by atoms with Crippen LogP contribution in [0, 0.1) is 11.3 Å². The Morgan fingerprint density at radius 3 is 2.65 bits per heavy atom. The van der Waals surface area contributed by atoms with Crippen LogP contribution >= 0.6 is 0 Å². The summed E-state index contributed by atoms with van der Waals surface area (Å²) in [6, 6.07) is 7.71. The monoisotopic (exact) mass is 313 g/mol. The minimum absolute atomic E-state index is 0.0337. The maximum atomic E-state index is 12.4. The van der Waals surface area contributed by atoms with E-state index in [1.165, 1.54) is 0 Å². The number of nitrogens with one attached hydrogen (secondary N) is 1.